The van der Waals surface area contributed by atoms with Gasteiger partial charge in [0.2, 0.25) is 0 Å². The Kier molecular flexibility index (Phi) is 6.09. The van der Waals surface area contributed by atoms with Crippen molar-refractivity contribution < 1.29 is 4.79 Å². The minimum absolute atomic E-state index is 0.197. The molecular formula is C23H18ClNO. The largest absolute Gasteiger partial charge is 0.281 e. The first-order valence-electron chi connectivity index (χ1n) is 8.41. The summed E-state index contributed by atoms with van der Waals surface area (Å²) < 4.78 is 0. The standard InChI is InChI=1S/C23H18ClNO/c24-22-14-11-18(12-15-22)10-13-19-6-4-5-7-20(19)16-17-25-23(26)21-8-2-1-3-9-21/h1-9,11-12,14-15H,10,13H2,(H,25,26). The summed E-state index contributed by atoms with van der Waals surface area (Å²) >= 11 is 5.93. The maximum Gasteiger partial charge on any atom is 0.262 e. The Morgan fingerprint density at radius 2 is 1.54 bits per heavy atom. The second-order valence-corrected chi connectivity index (χ2v) is 6.29. The summed E-state index contributed by atoms with van der Waals surface area (Å²) in [6.45, 7) is 0. The predicted molar refractivity (Wildman–Crippen MR) is 106 cm³/mol. The van der Waals surface area contributed by atoms with Crippen LogP contribution in [0.2, 0.25) is 5.02 Å². The van der Waals surface area contributed by atoms with Crippen LogP contribution in [-0.4, -0.2) is 5.91 Å². The fraction of sp³-hybridized carbons (Fsp3) is 0.0870. The van der Waals surface area contributed by atoms with Crippen molar-refractivity contribution in [1.29, 1.82) is 0 Å². The Morgan fingerprint density at radius 3 is 2.31 bits per heavy atom. The second-order valence-electron chi connectivity index (χ2n) is 5.85. The molecule has 1 N–H and O–H groups in total. The molecule has 0 radical (unpaired) electrons. The van der Waals surface area contributed by atoms with Crippen molar-refractivity contribution in [3.05, 3.63) is 106 Å². The molecular weight excluding hydrogens is 342 g/mol. The molecule has 3 heteroatoms. The lowest BCUT2D eigenvalue weighted by Crippen LogP contribution is -2.17. The van der Waals surface area contributed by atoms with Gasteiger partial charge in [-0.2, -0.15) is 0 Å². The number of hydrogen-bond donors (Lipinski definition) is 1. The molecule has 0 heterocycles. The monoisotopic (exact) mass is 359 g/mol. The van der Waals surface area contributed by atoms with Gasteiger partial charge in [-0.25, -0.2) is 0 Å². The number of carbonyl (C=O) groups excluding carboxylic acids is 1. The third kappa shape index (κ3) is 4.99. The molecule has 1 amide bonds. The van der Waals surface area contributed by atoms with Gasteiger partial charge in [0, 0.05) is 22.2 Å². The predicted octanol–water partition coefficient (Wildman–Crippen LogP) is 4.86. The fourth-order valence-corrected chi connectivity index (χ4v) is 2.73. The summed E-state index contributed by atoms with van der Waals surface area (Å²) in [6, 6.07) is 27.7. The van der Waals surface area contributed by atoms with Crippen molar-refractivity contribution in [3.8, 4) is 12.0 Å². The molecule has 0 aliphatic heterocycles. The third-order valence-electron chi connectivity index (χ3n) is 4.02. The molecule has 0 spiro atoms. The first-order chi connectivity index (χ1) is 12.7. The van der Waals surface area contributed by atoms with Crippen LogP contribution in [0.5, 0.6) is 0 Å². The van der Waals surface area contributed by atoms with E-state index in [0.717, 1.165) is 29.0 Å². The van der Waals surface area contributed by atoms with E-state index < -0.39 is 0 Å². The van der Waals surface area contributed by atoms with Gasteiger partial charge in [-0.3, -0.25) is 10.1 Å². The summed E-state index contributed by atoms with van der Waals surface area (Å²) in [4.78, 5) is 12.0. The molecule has 3 aromatic rings. The molecule has 0 aliphatic carbocycles. The van der Waals surface area contributed by atoms with Crippen LogP contribution in [0.1, 0.15) is 27.0 Å². The molecule has 0 bridgehead atoms. The van der Waals surface area contributed by atoms with Crippen molar-refractivity contribution in [2.45, 2.75) is 12.8 Å². The Balaban J connectivity index is 1.66. The fourth-order valence-electron chi connectivity index (χ4n) is 2.61. The topological polar surface area (TPSA) is 29.1 Å². The highest BCUT2D eigenvalue weighted by atomic mass is 35.5. The molecule has 128 valence electrons. The van der Waals surface area contributed by atoms with Crippen LogP contribution in [0.25, 0.3) is 0 Å². The summed E-state index contributed by atoms with van der Waals surface area (Å²) in [7, 11) is 0. The highest BCUT2D eigenvalue weighted by molar-refractivity contribution is 6.30. The van der Waals surface area contributed by atoms with E-state index in [2.05, 4.69) is 23.3 Å². The van der Waals surface area contributed by atoms with Crippen LogP contribution in [0, 0.1) is 12.0 Å². The smallest absolute Gasteiger partial charge is 0.262 e. The van der Waals surface area contributed by atoms with E-state index in [0.29, 0.717) is 5.56 Å². The molecule has 2 nitrogen and oxygen atoms in total. The molecule has 0 saturated carbocycles. The number of halogens is 1. The number of benzene rings is 3. The van der Waals surface area contributed by atoms with Crippen molar-refractivity contribution in [1.82, 2.24) is 5.32 Å². The minimum Gasteiger partial charge on any atom is -0.281 e. The lowest BCUT2D eigenvalue weighted by atomic mass is 10.0. The maximum absolute atomic E-state index is 12.0. The van der Waals surface area contributed by atoms with E-state index in [9.17, 15) is 4.79 Å². The average molecular weight is 360 g/mol. The lowest BCUT2D eigenvalue weighted by Gasteiger charge is -2.05. The highest BCUT2D eigenvalue weighted by Gasteiger charge is 2.03. The SMILES string of the molecule is O=C(NC#Cc1ccccc1CCc1ccc(Cl)cc1)c1ccccc1. The summed E-state index contributed by atoms with van der Waals surface area (Å²) in [6.07, 6.45) is 1.78. The minimum atomic E-state index is -0.197. The first-order valence-corrected chi connectivity index (χ1v) is 8.79. The zero-order chi connectivity index (χ0) is 18.2. The van der Waals surface area contributed by atoms with Gasteiger partial charge < -0.3 is 0 Å². The van der Waals surface area contributed by atoms with E-state index in [-0.39, 0.29) is 5.91 Å². The van der Waals surface area contributed by atoms with E-state index in [1.807, 2.05) is 60.7 Å². The second kappa shape index (κ2) is 8.89. The van der Waals surface area contributed by atoms with Crippen molar-refractivity contribution in [2.75, 3.05) is 0 Å². The van der Waals surface area contributed by atoms with Crippen LogP contribution in [0.15, 0.2) is 78.9 Å². The number of nitrogens with one attached hydrogen (secondary N) is 1. The van der Waals surface area contributed by atoms with Crippen molar-refractivity contribution in [3.63, 3.8) is 0 Å². The Hall–Kier alpha value is -3.02. The van der Waals surface area contributed by atoms with E-state index in [1.54, 1.807) is 12.1 Å². The van der Waals surface area contributed by atoms with Crippen LogP contribution >= 0.6 is 11.6 Å². The summed E-state index contributed by atoms with van der Waals surface area (Å²) in [5.41, 5.74) is 3.91. The molecule has 26 heavy (non-hydrogen) atoms. The molecule has 0 fully saturated rings. The quantitative estimate of drug-likeness (QED) is 0.523. The van der Waals surface area contributed by atoms with E-state index in [1.165, 1.54) is 5.56 Å². The van der Waals surface area contributed by atoms with Crippen LogP contribution in [0.3, 0.4) is 0 Å². The van der Waals surface area contributed by atoms with Crippen molar-refractivity contribution >= 4 is 17.5 Å². The summed E-state index contributed by atoms with van der Waals surface area (Å²) in [5.74, 6) is 2.86. The number of aryl methyl sites for hydroxylation is 2. The van der Waals surface area contributed by atoms with Gasteiger partial charge in [0.25, 0.3) is 5.91 Å². The van der Waals surface area contributed by atoms with Gasteiger partial charge in [0.1, 0.15) is 0 Å². The highest BCUT2D eigenvalue weighted by Crippen LogP contribution is 2.14. The normalized spacial score (nSPS) is 9.88. The molecule has 0 aromatic heterocycles. The zero-order valence-electron chi connectivity index (χ0n) is 14.2. The first kappa shape index (κ1) is 17.8. The number of hydrogen-bond acceptors (Lipinski definition) is 1. The molecule has 0 saturated heterocycles. The molecule has 0 atom stereocenters. The van der Waals surface area contributed by atoms with Gasteiger partial charge in [-0.1, -0.05) is 60.1 Å². The molecule has 0 unspecified atom stereocenters. The average Bonchev–Trinajstić information content (AvgIpc) is 2.69. The van der Waals surface area contributed by atoms with Gasteiger partial charge >= 0.3 is 0 Å². The van der Waals surface area contributed by atoms with Crippen LogP contribution < -0.4 is 5.32 Å². The number of amides is 1. The third-order valence-corrected chi connectivity index (χ3v) is 4.27. The van der Waals surface area contributed by atoms with Gasteiger partial charge in [-0.15, -0.1) is 0 Å². The molecule has 3 rings (SSSR count). The summed E-state index contributed by atoms with van der Waals surface area (Å²) in [5, 5.41) is 3.38. The lowest BCUT2D eigenvalue weighted by molar-refractivity contribution is 0.0973. The Bertz CT molecular complexity index is 937. The van der Waals surface area contributed by atoms with Crippen molar-refractivity contribution in [2.24, 2.45) is 0 Å². The van der Waals surface area contributed by atoms with Gasteiger partial charge in [0.15, 0.2) is 0 Å². The molecule has 3 aromatic carbocycles. The van der Waals surface area contributed by atoms with Crippen LogP contribution in [-0.2, 0) is 12.8 Å². The Labute approximate surface area is 158 Å². The zero-order valence-corrected chi connectivity index (χ0v) is 15.0. The Morgan fingerprint density at radius 1 is 0.846 bits per heavy atom. The van der Waals surface area contributed by atoms with Gasteiger partial charge in [0.05, 0.1) is 0 Å². The van der Waals surface area contributed by atoms with Gasteiger partial charge in [-0.05, 0) is 60.2 Å². The molecule has 0 aliphatic rings. The van der Waals surface area contributed by atoms with E-state index in [4.69, 9.17) is 11.6 Å². The van der Waals surface area contributed by atoms with Crippen LogP contribution in [0.4, 0.5) is 0 Å². The maximum atomic E-state index is 12.0. The van der Waals surface area contributed by atoms with E-state index >= 15 is 0 Å². The number of rotatable bonds is 4. The number of carbonyl (C=O) groups is 1.